The number of fused-ring (bicyclic) bond motifs is 3. The van der Waals surface area contributed by atoms with Crippen molar-refractivity contribution in [1.29, 1.82) is 0 Å². The van der Waals surface area contributed by atoms with Crippen molar-refractivity contribution in [3.8, 4) is 0 Å². The number of halogens is 1. The number of nitrogens with one attached hydrogen (secondary N) is 2. The molecule has 2 saturated heterocycles. The van der Waals surface area contributed by atoms with Gasteiger partial charge >= 0.3 is 6.09 Å². The second kappa shape index (κ2) is 13.2. The highest BCUT2D eigenvalue weighted by molar-refractivity contribution is 7.91. The molecule has 0 radical (unpaired) electrons. The lowest BCUT2D eigenvalue weighted by Gasteiger charge is -2.28. The Hall–Kier alpha value is -2.94. The molecule has 0 spiro atoms. The lowest BCUT2D eigenvalue weighted by Crippen LogP contribution is -2.58. The zero-order valence-electron chi connectivity index (χ0n) is 26.7. The molecular formula is C32H44ClN5O8S. The first-order chi connectivity index (χ1) is 22.4. The molecule has 1 aromatic rings. The van der Waals surface area contributed by atoms with Gasteiger partial charge in [-0.3, -0.25) is 19.3 Å². The topological polar surface area (TPSA) is 177 Å². The quantitative estimate of drug-likeness (QED) is 0.404. The molecule has 4 N–H and O–H groups in total. The van der Waals surface area contributed by atoms with E-state index in [0.29, 0.717) is 24.4 Å². The van der Waals surface area contributed by atoms with E-state index < -0.39 is 62.5 Å². The van der Waals surface area contributed by atoms with Gasteiger partial charge in [-0.15, -0.1) is 0 Å². The smallest absolute Gasteiger partial charge is 0.410 e. The fraction of sp³-hybridized carbons (Fsp3) is 0.688. The monoisotopic (exact) mass is 693 g/mol. The molecule has 0 unspecified atom stereocenters. The number of rotatable bonds is 6. The number of nitrogens with two attached hydrogens (primary N) is 1. The highest BCUT2D eigenvalue weighted by Gasteiger charge is 2.64. The number of benzene rings is 1. The van der Waals surface area contributed by atoms with Crippen molar-refractivity contribution in [3.05, 3.63) is 34.3 Å². The number of nitrogens with zero attached hydrogens (tertiary/aromatic N) is 2. The molecule has 4 fully saturated rings. The molecule has 258 valence electrons. The summed E-state index contributed by atoms with van der Waals surface area (Å²) in [5.74, 6) is -2.10. The Bertz CT molecular complexity index is 1540. The van der Waals surface area contributed by atoms with Gasteiger partial charge in [0, 0.05) is 24.6 Å². The van der Waals surface area contributed by atoms with Crippen LogP contribution < -0.4 is 15.8 Å². The minimum atomic E-state index is -4.17. The average Bonchev–Trinajstić information content (AvgIpc) is 3.85. The van der Waals surface area contributed by atoms with Crippen LogP contribution in [0.4, 0.5) is 4.79 Å². The number of sulfonamides is 1. The van der Waals surface area contributed by atoms with Gasteiger partial charge in [0.1, 0.15) is 17.7 Å². The Kier molecular flexibility index (Phi) is 9.51. The maximum absolute atomic E-state index is 14.0. The number of ether oxygens (including phenoxy) is 2. The molecule has 5 aliphatic rings. The van der Waals surface area contributed by atoms with Crippen LogP contribution in [0.15, 0.2) is 18.2 Å². The third kappa shape index (κ3) is 6.70. The van der Waals surface area contributed by atoms with Gasteiger partial charge in [0.05, 0.1) is 19.1 Å². The van der Waals surface area contributed by atoms with E-state index in [-0.39, 0.29) is 51.3 Å². The Morgan fingerprint density at radius 2 is 1.83 bits per heavy atom. The van der Waals surface area contributed by atoms with Crippen LogP contribution in [-0.2, 0) is 47.0 Å². The Labute approximate surface area is 280 Å². The average molecular weight is 694 g/mol. The predicted molar refractivity (Wildman–Crippen MR) is 171 cm³/mol. The number of hydrogen-bond donors (Lipinski definition) is 3. The second-order valence-corrected chi connectivity index (χ2v) is 15.9. The summed E-state index contributed by atoms with van der Waals surface area (Å²) in [6.45, 7) is 2.44. The molecule has 5 atom stereocenters. The molecule has 13 nitrogen and oxygen atoms in total. The number of amides is 4. The highest BCUT2D eigenvalue weighted by atomic mass is 35.5. The van der Waals surface area contributed by atoms with Crippen LogP contribution in [0.3, 0.4) is 0 Å². The standard InChI is InChI=1S/C32H44ClN5O8S/c1-2-45-31(13-14-31)47(43,44)36-29(41)32-16-21(32)10-6-4-3-5-7-12-25(34)28(40)38-18-22(15-26(38)27(39)35-32)46-30(42)37-17-20-9-8-11-24(33)23(20)19-37/h8-9,11,21-22,25-26H,2-7,10,12-19,34H2,1H3,(H,35,39)(H,36,41)/t21-,22-,25+,26+,32-/m1/s1. The van der Waals surface area contributed by atoms with Crippen LogP contribution in [0, 0.1) is 5.92 Å². The zero-order valence-corrected chi connectivity index (χ0v) is 28.2. The predicted octanol–water partition coefficient (Wildman–Crippen LogP) is 2.68. The summed E-state index contributed by atoms with van der Waals surface area (Å²) in [6.07, 6.45) is 4.84. The largest absolute Gasteiger partial charge is 0.444 e. The number of carbonyl (C=O) groups excluding carboxylic acids is 4. The van der Waals surface area contributed by atoms with Gasteiger partial charge in [0.25, 0.3) is 15.9 Å². The molecule has 4 amide bonds. The molecule has 6 rings (SSSR count). The van der Waals surface area contributed by atoms with Crippen LogP contribution >= 0.6 is 11.6 Å². The lowest BCUT2D eigenvalue weighted by atomic mass is 10.0. The normalized spacial score (nSPS) is 30.6. The molecule has 0 aromatic heterocycles. The van der Waals surface area contributed by atoms with Crippen LogP contribution in [0.25, 0.3) is 0 Å². The Morgan fingerprint density at radius 1 is 1.11 bits per heavy atom. The summed E-state index contributed by atoms with van der Waals surface area (Å²) in [7, 11) is -4.17. The molecule has 47 heavy (non-hydrogen) atoms. The van der Waals surface area contributed by atoms with Crippen LogP contribution in [0.5, 0.6) is 0 Å². The van der Waals surface area contributed by atoms with Crippen molar-refractivity contribution in [2.24, 2.45) is 11.7 Å². The van der Waals surface area contributed by atoms with E-state index in [4.69, 9.17) is 26.8 Å². The second-order valence-electron chi connectivity index (χ2n) is 13.6. The van der Waals surface area contributed by atoms with Crippen molar-refractivity contribution >= 4 is 45.4 Å². The molecule has 2 aliphatic carbocycles. The SMILES string of the molecule is CCOC1(S(=O)(=O)NC(=O)[C@@]23C[C@H]2CCCCCCC[C@H](N)C(=O)N2C[C@H](OC(=O)N4Cc5cccc(Cl)c5C4)C[C@H]2C(=O)N3)CC1. The molecule has 0 bridgehead atoms. The zero-order chi connectivity index (χ0) is 33.6. The van der Waals surface area contributed by atoms with Gasteiger partial charge < -0.3 is 25.4 Å². The Morgan fingerprint density at radius 3 is 2.53 bits per heavy atom. The van der Waals surface area contributed by atoms with Gasteiger partial charge in [-0.2, -0.15) is 0 Å². The minimum absolute atomic E-state index is 0.00565. The first-order valence-electron chi connectivity index (χ1n) is 16.7. The van der Waals surface area contributed by atoms with E-state index in [1.54, 1.807) is 13.0 Å². The summed E-state index contributed by atoms with van der Waals surface area (Å²) in [4.78, 5) is 56.1. The fourth-order valence-electron chi connectivity index (χ4n) is 7.35. The Balaban J connectivity index is 1.20. The minimum Gasteiger partial charge on any atom is -0.444 e. The lowest BCUT2D eigenvalue weighted by molar-refractivity contribution is -0.140. The summed E-state index contributed by atoms with van der Waals surface area (Å²) >= 11 is 6.32. The van der Waals surface area contributed by atoms with Crippen LogP contribution in [0.2, 0.25) is 5.02 Å². The summed E-state index contributed by atoms with van der Waals surface area (Å²) < 4.78 is 40.0. The van der Waals surface area contributed by atoms with Crippen molar-refractivity contribution in [2.75, 3.05) is 13.2 Å². The summed E-state index contributed by atoms with van der Waals surface area (Å²) in [5, 5.41) is 3.43. The number of hydrogen-bond acceptors (Lipinski definition) is 9. The first kappa shape index (κ1) is 33.9. The van der Waals surface area contributed by atoms with Gasteiger partial charge in [-0.1, -0.05) is 55.8 Å². The van der Waals surface area contributed by atoms with Crippen molar-refractivity contribution in [3.63, 3.8) is 0 Å². The van der Waals surface area contributed by atoms with E-state index in [2.05, 4.69) is 10.0 Å². The van der Waals surface area contributed by atoms with Crippen molar-refractivity contribution < 1.29 is 37.1 Å². The van der Waals surface area contributed by atoms with Gasteiger partial charge in [-0.05, 0) is 62.1 Å². The molecular weight excluding hydrogens is 650 g/mol. The summed E-state index contributed by atoms with van der Waals surface area (Å²) in [5.41, 5.74) is 6.65. The fourth-order valence-corrected chi connectivity index (χ4v) is 9.13. The molecule has 15 heteroatoms. The first-order valence-corrected chi connectivity index (χ1v) is 18.6. The maximum Gasteiger partial charge on any atom is 0.410 e. The van der Waals surface area contributed by atoms with Gasteiger partial charge in [-0.25, -0.2) is 17.9 Å². The van der Waals surface area contributed by atoms with E-state index in [1.165, 1.54) is 9.80 Å². The highest BCUT2D eigenvalue weighted by Crippen LogP contribution is 2.49. The molecule has 1 aromatic carbocycles. The third-order valence-corrected chi connectivity index (χ3v) is 12.6. The van der Waals surface area contributed by atoms with Crippen LogP contribution in [-0.4, -0.2) is 83.8 Å². The van der Waals surface area contributed by atoms with Crippen LogP contribution in [0.1, 0.15) is 88.7 Å². The van der Waals surface area contributed by atoms with E-state index in [0.717, 1.165) is 43.2 Å². The van der Waals surface area contributed by atoms with Crippen molar-refractivity contribution in [2.45, 2.75) is 119 Å². The molecule has 3 heterocycles. The third-order valence-electron chi connectivity index (χ3n) is 10.3. The molecule has 2 saturated carbocycles. The summed E-state index contributed by atoms with van der Waals surface area (Å²) in [6, 6.07) is 3.57. The maximum atomic E-state index is 14.0. The number of carbonyl (C=O) groups is 4. The van der Waals surface area contributed by atoms with Gasteiger partial charge in [0.15, 0.2) is 4.93 Å². The van der Waals surface area contributed by atoms with E-state index in [1.807, 2.05) is 12.1 Å². The van der Waals surface area contributed by atoms with E-state index in [9.17, 15) is 27.6 Å². The van der Waals surface area contributed by atoms with Gasteiger partial charge in [0.2, 0.25) is 11.8 Å². The van der Waals surface area contributed by atoms with Crippen molar-refractivity contribution in [1.82, 2.24) is 19.8 Å². The van der Waals surface area contributed by atoms with E-state index >= 15 is 0 Å². The molecule has 3 aliphatic heterocycles.